The third-order valence-corrected chi connectivity index (χ3v) is 3.29. The molecule has 0 amide bonds. The lowest BCUT2D eigenvalue weighted by molar-refractivity contribution is 0.0806. The van der Waals surface area contributed by atoms with Crippen molar-refractivity contribution in [3.63, 3.8) is 0 Å². The van der Waals surface area contributed by atoms with Crippen molar-refractivity contribution in [3.8, 4) is 0 Å². The van der Waals surface area contributed by atoms with Crippen LogP contribution in [0, 0.1) is 14.8 Å². The van der Waals surface area contributed by atoms with Gasteiger partial charge in [0.2, 0.25) is 0 Å². The Hall–Kier alpha value is -0.400. The number of benzene rings is 1. The lowest BCUT2D eigenvalue weighted by Gasteiger charge is -2.25. The maximum atomic E-state index is 12.8. The summed E-state index contributed by atoms with van der Waals surface area (Å²) in [6, 6.07) is 4.45. The fraction of sp³-hybridized carbons (Fsp3) is 0.455. The van der Waals surface area contributed by atoms with Gasteiger partial charge in [0.05, 0.1) is 13.2 Å². The van der Waals surface area contributed by atoms with Crippen LogP contribution in [-0.2, 0) is 0 Å². The number of aliphatic hydroxyl groups is 2. The number of halogens is 2. The van der Waals surface area contributed by atoms with Crippen LogP contribution < -0.4 is 5.32 Å². The molecule has 5 heteroatoms. The van der Waals surface area contributed by atoms with Crippen LogP contribution in [0.15, 0.2) is 18.2 Å². The summed E-state index contributed by atoms with van der Waals surface area (Å²) in [5, 5.41) is 21.3. The average Bonchev–Trinajstić information content (AvgIpc) is 2.27. The van der Waals surface area contributed by atoms with E-state index >= 15 is 0 Å². The summed E-state index contributed by atoms with van der Waals surface area (Å²) in [5.74, 6) is -0.276. The zero-order chi connectivity index (χ0) is 12.2. The van der Waals surface area contributed by atoms with Gasteiger partial charge < -0.3 is 15.5 Å². The molecule has 0 aliphatic carbocycles. The molecule has 0 unspecified atom stereocenters. The molecule has 16 heavy (non-hydrogen) atoms. The molecule has 3 nitrogen and oxygen atoms in total. The topological polar surface area (TPSA) is 52.5 Å². The molecule has 3 N–H and O–H groups in total. The molecule has 0 saturated heterocycles. The fourth-order valence-corrected chi connectivity index (χ4v) is 1.77. The molecule has 0 heterocycles. The van der Waals surface area contributed by atoms with Crippen molar-refractivity contribution >= 4 is 28.3 Å². The lowest BCUT2D eigenvalue weighted by atomic mass is 9.93. The molecule has 0 spiro atoms. The van der Waals surface area contributed by atoms with E-state index in [1.807, 2.05) is 22.6 Å². The number of aliphatic hydroxyl groups excluding tert-OH is 2. The van der Waals surface area contributed by atoms with E-state index in [2.05, 4.69) is 5.32 Å². The second kappa shape index (κ2) is 5.79. The zero-order valence-corrected chi connectivity index (χ0v) is 11.2. The zero-order valence-electron chi connectivity index (χ0n) is 9.00. The standard InChI is InChI=1S/C11H15FINO2/c1-11(6-15,7-16)5-14-10-3-2-8(12)4-9(10)13/h2-4,14-16H,5-7H2,1H3. The van der Waals surface area contributed by atoms with Crippen molar-refractivity contribution < 1.29 is 14.6 Å². The van der Waals surface area contributed by atoms with Gasteiger partial charge in [-0.05, 0) is 40.8 Å². The van der Waals surface area contributed by atoms with Gasteiger partial charge in [-0.25, -0.2) is 4.39 Å². The Morgan fingerprint density at radius 1 is 1.38 bits per heavy atom. The van der Waals surface area contributed by atoms with Crippen molar-refractivity contribution in [2.24, 2.45) is 5.41 Å². The van der Waals surface area contributed by atoms with Gasteiger partial charge in [0.25, 0.3) is 0 Å². The van der Waals surface area contributed by atoms with Crippen molar-refractivity contribution in [1.82, 2.24) is 0 Å². The highest BCUT2D eigenvalue weighted by Gasteiger charge is 2.22. The van der Waals surface area contributed by atoms with Crippen LogP contribution in [0.25, 0.3) is 0 Å². The molecular formula is C11H15FINO2. The summed E-state index contributed by atoms with van der Waals surface area (Å²) in [7, 11) is 0. The van der Waals surface area contributed by atoms with Gasteiger partial charge >= 0.3 is 0 Å². The minimum Gasteiger partial charge on any atom is -0.396 e. The largest absolute Gasteiger partial charge is 0.396 e. The summed E-state index contributed by atoms with van der Waals surface area (Å²) in [6.07, 6.45) is 0. The molecular weight excluding hydrogens is 324 g/mol. The minimum atomic E-state index is -0.572. The molecule has 0 aliphatic rings. The molecule has 1 aromatic carbocycles. The number of anilines is 1. The van der Waals surface area contributed by atoms with Crippen molar-refractivity contribution in [1.29, 1.82) is 0 Å². The second-order valence-corrected chi connectivity index (χ2v) is 5.27. The Labute approximate surface area is 108 Å². The Kier molecular flexibility index (Phi) is 4.94. The van der Waals surface area contributed by atoms with Gasteiger partial charge in [0.1, 0.15) is 5.82 Å². The highest BCUT2D eigenvalue weighted by Crippen LogP contribution is 2.21. The number of nitrogens with one attached hydrogen (secondary N) is 1. The summed E-state index contributed by atoms with van der Waals surface area (Å²) >= 11 is 2.03. The van der Waals surface area contributed by atoms with Gasteiger partial charge in [0, 0.05) is 21.2 Å². The van der Waals surface area contributed by atoms with Crippen LogP contribution in [-0.4, -0.2) is 30.0 Å². The molecule has 0 aromatic heterocycles. The molecule has 90 valence electrons. The Morgan fingerprint density at radius 3 is 2.50 bits per heavy atom. The highest BCUT2D eigenvalue weighted by atomic mass is 127. The fourth-order valence-electron chi connectivity index (χ4n) is 1.10. The van der Waals surface area contributed by atoms with Gasteiger partial charge in [0.15, 0.2) is 0 Å². The summed E-state index contributed by atoms with van der Waals surface area (Å²) in [4.78, 5) is 0. The molecule has 0 aliphatic heterocycles. The van der Waals surface area contributed by atoms with Crippen LogP contribution in [0.5, 0.6) is 0 Å². The van der Waals surface area contributed by atoms with Crippen LogP contribution >= 0.6 is 22.6 Å². The first-order valence-corrected chi connectivity index (χ1v) is 5.99. The van der Waals surface area contributed by atoms with E-state index in [-0.39, 0.29) is 19.0 Å². The summed E-state index contributed by atoms with van der Waals surface area (Å²) in [6.45, 7) is 2.00. The quantitative estimate of drug-likeness (QED) is 0.718. The lowest BCUT2D eigenvalue weighted by Crippen LogP contribution is -2.34. The molecule has 0 radical (unpaired) electrons. The van der Waals surface area contributed by atoms with Crippen molar-refractivity contribution in [3.05, 3.63) is 27.6 Å². The van der Waals surface area contributed by atoms with E-state index in [0.29, 0.717) is 6.54 Å². The molecule has 0 atom stereocenters. The van der Waals surface area contributed by atoms with Crippen molar-refractivity contribution in [2.45, 2.75) is 6.92 Å². The third kappa shape index (κ3) is 3.57. The molecule has 1 aromatic rings. The van der Waals surface area contributed by atoms with Gasteiger partial charge in [-0.1, -0.05) is 6.92 Å². The number of hydrogen-bond acceptors (Lipinski definition) is 3. The van der Waals surface area contributed by atoms with Crippen LogP contribution in [0.2, 0.25) is 0 Å². The highest BCUT2D eigenvalue weighted by molar-refractivity contribution is 14.1. The predicted molar refractivity (Wildman–Crippen MR) is 69.9 cm³/mol. The van der Waals surface area contributed by atoms with E-state index < -0.39 is 5.41 Å². The smallest absolute Gasteiger partial charge is 0.124 e. The monoisotopic (exact) mass is 339 g/mol. The van der Waals surface area contributed by atoms with Gasteiger partial charge in [-0.3, -0.25) is 0 Å². The SMILES string of the molecule is CC(CO)(CO)CNc1ccc(F)cc1I. The maximum absolute atomic E-state index is 12.8. The van der Waals surface area contributed by atoms with Crippen molar-refractivity contribution in [2.75, 3.05) is 25.1 Å². The Morgan fingerprint density at radius 2 is 2.00 bits per heavy atom. The minimum absolute atomic E-state index is 0.103. The first-order valence-electron chi connectivity index (χ1n) is 4.91. The normalized spacial score (nSPS) is 11.6. The Balaban J connectivity index is 2.67. The Bertz CT molecular complexity index is 356. The van der Waals surface area contributed by atoms with E-state index in [4.69, 9.17) is 10.2 Å². The molecule has 0 saturated carbocycles. The third-order valence-electron chi connectivity index (χ3n) is 2.40. The summed E-state index contributed by atoms with van der Waals surface area (Å²) in [5.41, 5.74) is 0.229. The van der Waals surface area contributed by atoms with E-state index in [1.54, 1.807) is 13.0 Å². The number of rotatable bonds is 5. The number of hydrogen-bond donors (Lipinski definition) is 3. The predicted octanol–water partition coefficient (Wildman–Crippen LogP) is 1.83. The van der Waals surface area contributed by atoms with Crippen LogP contribution in [0.3, 0.4) is 0 Å². The maximum Gasteiger partial charge on any atom is 0.124 e. The first kappa shape index (κ1) is 13.7. The molecule has 0 bridgehead atoms. The van der Waals surface area contributed by atoms with Crippen LogP contribution in [0.4, 0.5) is 10.1 Å². The van der Waals surface area contributed by atoms with E-state index in [9.17, 15) is 4.39 Å². The first-order chi connectivity index (χ1) is 7.50. The van der Waals surface area contributed by atoms with Crippen LogP contribution in [0.1, 0.15) is 6.92 Å². The van der Waals surface area contributed by atoms with E-state index in [0.717, 1.165) is 9.26 Å². The second-order valence-electron chi connectivity index (χ2n) is 4.10. The average molecular weight is 339 g/mol. The molecule has 0 fully saturated rings. The summed E-state index contributed by atoms with van der Waals surface area (Å²) < 4.78 is 13.6. The van der Waals surface area contributed by atoms with Gasteiger partial charge in [-0.2, -0.15) is 0 Å². The van der Waals surface area contributed by atoms with Gasteiger partial charge in [-0.15, -0.1) is 0 Å². The molecule has 1 rings (SSSR count). The van der Waals surface area contributed by atoms with E-state index in [1.165, 1.54) is 12.1 Å².